The predicted molar refractivity (Wildman–Crippen MR) is 111 cm³/mol. The van der Waals surface area contributed by atoms with Gasteiger partial charge in [0.15, 0.2) is 0 Å². The summed E-state index contributed by atoms with van der Waals surface area (Å²) in [5, 5.41) is 13.6. The zero-order chi connectivity index (χ0) is 19.7. The molecule has 3 aromatic rings. The first-order chi connectivity index (χ1) is 13.5. The van der Waals surface area contributed by atoms with Gasteiger partial charge in [-0.15, -0.1) is 11.3 Å². The van der Waals surface area contributed by atoms with Gasteiger partial charge in [-0.2, -0.15) is 0 Å². The summed E-state index contributed by atoms with van der Waals surface area (Å²) in [5.74, 6) is 2.27. The Morgan fingerprint density at radius 1 is 1.32 bits per heavy atom. The van der Waals surface area contributed by atoms with Crippen LogP contribution in [-0.4, -0.2) is 50.8 Å². The fourth-order valence-corrected chi connectivity index (χ4v) is 4.49. The Labute approximate surface area is 166 Å². The topological polar surface area (TPSA) is 107 Å². The normalized spacial score (nSPS) is 15.3. The number of hydrogen-bond acceptors (Lipinski definition) is 8. The molecule has 3 aromatic heterocycles. The molecule has 0 radical (unpaired) electrons. The maximum Gasteiger partial charge on any atom is 0.259 e. The van der Waals surface area contributed by atoms with Crippen molar-refractivity contribution in [3.05, 3.63) is 39.0 Å². The van der Waals surface area contributed by atoms with Crippen molar-refractivity contribution in [1.82, 2.24) is 19.9 Å². The lowest BCUT2D eigenvalue weighted by atomic mass is 10.1. The molecule has 0 amide bonds. The molecular weight excluding hydrogens is 376 g/mol. The van der Waals surface area contributed by atoms with Crippen LogP contribution in [0, 0.1) is 13.8 Å². The number of nitrogens with zero attached hydrogens (tertiary/aromatic N) is 4. The summed E-state index contributed by atoms with van der Waals surface area (Å²) in [4.78, 5) is 32.6. The van der Waals surface area contributed by atoms with Crippen LogP contribution < -0.4 is 15.8 Å². The van der Waals surface area contributed by atoms with E-state index in [0.29, 0.717) is 24.2 Å². The lowest BCUT2D eigenvalue weighted by Crippen LogP contribution is -2.36. The number of aryl methyl sites for hydroxylation is 2. The van der Waals surface area contributed by atoms with Gasteiger partial charge in [-0.3, -0.25) is 4.79 Å². The molecule has 1 aliphatic heterocycles. The van der Waals surface area contributed by atoms with Crippen LogP contribution in [0.4, 0.5) is 11.6 Å². The van der Waals surface area contributed by atoms with Gasteiger partial charge in [-0.1, -0.05) is 0 Å². The van der Waals surface area contributed by atoms with Gasteiger partial charge in [-0.25, -0.2) is 15.0 Å². The molecule has 4 heterocycles. The second-order valence-electron chi connectivity index (χ2n) is 7.13. The predicted octanol–water partition coefficient (Wildman–Crippen LogP) is 2.01. The standard InChI is InChI=1S/C19H24N6O2S/c1-11-12(2)28-19-17(11)18(27)23-14(24-19)3-6-20-15-9-16(22-10-21-15)25-7-4-13(26)5-8-25/h9-10,13,26H,3-8H2,1-2H3,(H,20,21,22)(H,23,24,27). The zero-order valence-corrected chi connectivity index (χ0v) is 16.8. The van der Waals surface area contributed by atoms with E-state index in [-0.39, 0.29) is 11.7 Å². The van der Waals surface area contributed by atoms with Crippen LogP contribution >= 0.6 is 11.3 Å². The van der Waals surface area contributed by atoms with Gasteiger partial charge in [0.25, 0.3) is 5.56 Å². The van der Waals surface area contributed by atoms with E-state index in [1.165, 1.54) is 0 Å². The second kappa shape index (κ2) is 7.84. The maximum absolute atomic E-state index is 12.4. The third-order valence-corrected chi connectivity index (χ3v) is 6.30. The lowest BCUT2D eigenvalue weighted by Gasteiger charge is -2.30. The number of fused-ring (bicyclic) bond motifs is 1. The number of H-pyrrole nitrogens is 1. The molecule has 1 saturated heterocycles. The Balaban J connectivity index is 1.41. The highest BCUT2D eigenvalue weighted by Gasteiger charge is 2.18. The Kier molecular flexibility index (Phi) is 5.27. The summed E-state index contributed by atoms with van der Waals surface area (Å²) in [7, 11) is 0. The van der Waals surface area contributed by atoms with Crippen LogP contribution in [0.5, 0.6) is 0 Å². The molecule has 9 heteroatoms. The number of piperidine rings is 1. The highest BCUT2D eigenvalue weighted by atomic mass is 32.1. The fourth-order valence-electron chi connectivity index (χ4n) is 3.44. The molecule has 8 nitrogen and oxygen atoms in total. The molecule has 4 rings (SSSR count). The SMILES string of the molecule is Cc1sc2nc(CCNc3cc(N4CCC(O)CC4)ncn3)[nH]c(=O)c2c1C. The van der Waals surface area contributed by atoms with E-state index < -0.39 is 0 Å². The van der Waals surface area contributed by atoms with E-state index in [4.69, 9.17) is 0 Å². The van der Waals surface area contributed by atoms with Crippen LogP contribution in [-0.2, 0) is 6.42 Å². The first-order valence-corrected chi connectivity index (χ1v) is 10.3. The van der Waals surface area contributed by atoms with Gasteiger partial charge in [-0.05, 0) is 32.3 Å². The van der Waals surface area contributed by atoms with Crippen LogP contribution in [0.25, 0.3) is 10.2 Å². The molecule has 0 aromatic carbocycles. The van der Waals surface area contributed by atoms with Gasteiger partial charge >= 0.3 is 0 Å². The second-order valence-corrected chi connectivity index (χ2v) is 8.34. The first-order valence-electron chi connectivity index (χ1n) is 9.49. The van der Waals surface area contributed by atoms with Crippen LogP contribution in [0.2, 0.25) is 0 Å². The van der Waals surface area contributed by atoms with E-state index in [2.05, 4.69) is 30.2 Å². The summed E-state index contributed by atoms with van der Waals surface area (Å²) < 4.78 is 0. The summed E-state index contributed by atoms with van der Waals surface area (Å²) in [5.41, 5.74) is 0.940. The van der Waals surface area contributed by atoms with Gasteiger partial charge in [0.2, 0.25) is 0 Å². The number of nitrogens with one attached hydrogen (secondary N) is 2. The number of thiophene rings is 1. The van der Waals surface area contributed by atoms with Crippen molar-refractivity contribution in [1.29, 1.82) is 0 Å². The number of aromatic nitrogens is 4. The highest BCUT2D eigenvalue weighted by molar-refractivity contribution is 7.18. The molecule has 0 spiro atoms. The average molecular weight is 401 g/mol. The summed E-state index contributed by atoms with van der Waals surface area (Å²) in [6.45, 7) is 6.16. The van der Waals surface area contributed by atoms with E-state index in [1.54, 1.807) is 17.7 Å². The van der Waals surface area contributed by atoms with Gasteiger partial charge < -0.3 is 20.3 Å². The molecule has 1 aliphatic rings. The Morgan fingerprint density at radius 2 is 2.11 bits per heavy atom. The van der Waals surface area contributed by atoms with Crippen molar-refractivity contribution in [2.75, 3.05) is 29.9 Å². The van der Waals surface area contributed by atoms with Crippen LogP contribution in [0.1, 0.15) is 29.1 Å². The Morgan fingerprint density at radius 3 is 2.89 bits per heavy atom. The van der Waals surface area contributed by atoms with Crippen LogP contribution in [0.15, 0.2) is 17.2 Å². The fraction of sp³-hybridized carbons (Fsp3) is 0.474. The van der Waals surface area contributed by atoms with Crippen molar-refractivity contribution < 1.29 is 5.11 Å². The molecule has 0 atom stereocenters. The number of rotatable bonds is 5. The van der Waals surface area contributed by atoms with E-state index in [9.17, 15) is 9.90 Å². The Bertz CT molecular complexity index is 1040. The molecule has 0 bridgehead atoms. The largest absolute Gasteiger partial charge is 0.393 e. The quantitative estimate of drug-likeness (QED) is 0.601. The molecule has 0 aliphatic carbocycles. The first kappa shape index (κ1) is 18.8. The zero-order valence-electron chi connectivity index (χ0n) is 16.0. The van der Waals surface area contributed by atoms with Crippen LogP contribution in [0.3, 0.4) is 0 Å². The molecular formula is C19H24N6O2S. The molecule has 1 fully saturated rings. The number of aliphatic hydroxyl groups is 1. The summed E-state index contributed by atoms with van der Waals surface area (Å²) in [6, 6.07) is 1.92. The third-order valence-electron chi connectivity index (χ3n) is 5.20. The lowest BCUT2D eigenvalue weighted by molar-refractivity contribution is 0.145. The number of hydrogen-bond donors (Lipinski definition) is 3. The van der Waals surface area contributed by atoms with Gasteiger partial charge in [0, 0.05) is 37.0 Å². The summed E-state index contributed by atoms with van der Waals surface area (Å²) >= 11 is 1.56. The smallest absolute Gasteiger partial charge is 0.259 e. The van der Waals surface area contributed by atoms with Crippen molar-refractivity contribution in [3.63, 3.8) is 0 Å². The highest BCUT2D eigenvalue weighted by Crippen LogP contribution is 2.25. The Hall–Kier alpha value is -2.52. The minimum absolute atomic E-state index is 0.0709. The van der Waals surface area contributed by atoms with E-state index in [0.717, 1.165) is 52.8 Å². The summed E-state index contributed by atoms with van der Waals surface area (Å²) in [6.07, 6.45) is 3.45. The molecule has 0 unspecified atom stereocenters. The number of anilines is 2. The van der Waals surface area contributed by atoms with E-state index in [1.807, 2.05) is 19.9 Å². The number of aliphatic hydroxyl groups excluding tert-OH is 1. The van der Waals surface area contributed by atoms with Gasteiger partial charge in [0.1, 0.15) is 28.6 Å². The molecule has 148 valence electrons. The van der Waals surface area contributed by atoms with Gasteiger partial charge in [0.05, 0.1) is 11.5 Å². The number of aromatic amines is 1. The average Bonchev–Trinajstić information content (AvgIpc) is 2.97. The van der Waals surface area contributed by atoms with Crippen molar-refractivity contribution in [2.45, 2.75) is 39.2 Å². The van der Waals surface area contributed by atoms with Crippen molar-refractivity contribution in [3.8, 4) is 0 Å². The maximum atomic E-state index is 12.4. The molecule has 3 N–H and O–H groups in total. The molecule has 28 heavy (non-hydrogen) atoms. The minimum Gasteiger partial charge on any atom is -0.393 e. The van der Waals surface area contributed by atoms with E-state index >= 15 is 0 Å². The third kappa shape index (κ3) is 3.85. The van der Waals surface area contributed by atoms with Crippen molar-refractivity contribution >= 4 is 33.2 Å². The minimum atomic E-state index is -0.210. The molecule has 0 saturated carbocycles. The van der Waals surface area contributed by atoms with Crippen molar-refractivity contribution in [2.24, 2.45) is 0 Å². The monoisotopic (exact) mass is 400 g/mol.